The molecule has 0 saturated heterocycles. The smallest absolute Gasteiger partial charge is 0.360 e. The number of hydrogen-bond acceptors (Lipinski definition) is 5. The van der Waals surface area contributed by atoms with E-state index in [9.17, 15) is 9.59 Å². The average Bonchev–Trinajstić information content (AvgIpc) is 2.69. The molecule has 2 N–H and O–H groups in total. The van der Waals surface area contributed by atoms with E-state index in [4.69, 9.17) is 5.73 Å². The van der Waals surface area contributed by atoms with E-state index in [-0.39, 0.29) is 12.1 Å². The maximum absolute atomic E-state index is 11.4. The summed E-state index contributed by atoms with van der Waals surface area (Å²) in [5.41, 5.74) is 5.95. The zero-order chi connectivity index (χ0) is 12.8. The lowest BCUT2D eigenvalue weighted by molar-refractivity contribution is -0.118. The van der Waals surface area contributed by atoms with Crippen LogP contribution >= 0.6 is 0 Å². The quantitative estimate of drug-likeness (QED) is 0.699. The lowest BCUT2D eigenvalue weighted by Crippen LogP contribution is -2.16. The van der Waals surface area contributed by atoms with Crippen molar-refractivity contribution in [2.24, 2.45) is 5.73 Å². The Morgan fingerprint density at radius 3 is 2.71 bits per heavy atom. The monoisotopic (exact) mass is 240 g/mol. The molecule has 1 heterocycles. The minimum atomic E-state index is -0.515. The van der Waals surface area contributed by atoms with Crippen LogP contribution in [0.2, 0.25) is 0 Å². The fraction of sp³-hybridized carbons (Fsp3) is 0.600. The Hall–Kier alpha value is -1.92. The number of methoxy groups -OCH3 is 1. The highest BCUT2D eigenvalue weighted by Crippen LogP contribution is 2.10. The molecule has 1 rings (SSSR count). The molecule has 0 aliphatic heterocycles. The van der Waals surface area contributed by atoms with Crippen molar-refractivity contribution in [2.45, 2.75) is 32.7 Å². The van der Waals surface area contributed by atoms with Crippen LogP contribution in [0.15, 0.2) is 0 Å². The standard InChI is InChI=1S/C10H16N4O3/c1-3-4-7-9(10(16)17-2)12-13-14(7)6-5-8(11)15/h3-6H2,1-2H3,(H2,11,15). The number of aromatic nitrogens is 3. The second-order valence-electron chi connectivity index (χ2n) is 3.57. The molecule has 7 heteroatoms. The van der Waals surface area contributed by atoms with Gasteiger partial charge in [0.15, 0.2) is 5.69 Å². The minimum absolute atomic E-state index is 0.167. The molecule has 0 aliphatic rings. The summed E-state index contributed by atoms with van der Waals surface area (Å²) in [7, 11) is 1.29. The van der Waals surface area contributed by atoms with E-state index in [1.54, 1.807) is 0 Å². The molecule has 7 nitrogen and oxygen atoms in total. The van der Waals surface area contributed by atoms with Gasteiger partial charge >= 0.3 is 5.97 Å². The Kier molecular flexibility index (Phi) is 4.62. The minimum Gasteiger partial charge on any atom is -0.464 e. The maximum atomic E-state index is 11.4. The Morgan fingerprint density at radius 2 is 2.18 bits per heavy atom. The van der Waals surface area contributed by atoms with E-state index < -0.39 is 11.9 Å². The first-order chi connectivity index (χ1) is 8.10. The van der Waals surface area contributed by atoms with Gasteiger partial charge in [-0.2, -0.15) is 0 Å². The molecule has 17 heavy (non-hydrogen) atoms. The summed E-state index contributed by atoms with van der Waals surface area (Å²) in [6.45, 7) is 2.31. The highest BCUT2D eigenvalue weighted by atomic mass is 16.5. The number of ether oxygens (including phenoxy) is 1. The zero-order valence-electron chi connectivity index (χ0n) is 9.97. The Bertz CT molecular complexity index is 414. The van der Waals surface area contributed by atoms with Crippen LogP contribution in [0, 0.1) is 0 Å². The van der Waals surface area contributed by atoms with Crippen LogP contribution in [0.25, 0.3) is 0 Å². The third-order valence-corrected chi connectivity index (χ3v) is 2.27. The van der Waals surface area contributed by atoms with Gasteiger partial charge in [0.1, 0.15) is 0 Å². The Labute approximate surface area is 98.9 Å². The number of carbonyl (C=O) groups is 2. The molecule has 0 aromatic carbocycles. The van der Waals surface area contributed by atoms with Crippen molar-refractivity contribution in [1.29, 1.82) is 0 Å². The Morgan fingerprint density at radius 1 is 1.47 bits per heavy atom. The SMILES string of the molecule is CCCc1c(C(=O)OC)nnn1CCC(N)=O. The fourth-order valence-corrected chi connectivity index (χ4v) is 1.47. The molecular weight excluding hydrogens is 224 g/mol. The Balaban J connectivity index is 2.93. The van der Waals surface area contributed by atoms with Crippen molar-refractivity contribution in [3.05, 3.63) is 11.4 Å². The van der Waals surface area contributed by atoms with Crippen molar-refractivity contribution < 1.29 is 14.3 Å². The normalized spacial score (nSPS) is 10.2. The van der Waals surface area contributed by atoms with Gasteiger partial charge in [0.05, 0.1) is 19.3 Å². The predicted octanol–water partition coefficient (Wildman–Crippen LogP) is -0.107. The number of nitrogens with zero attached hydrogens (tertiary/aromatic N) is 3. The summed E-state index contributed by atoms with van der Waals surface area (Å²) in [4.78, 5) is 22.1. The van der Waals surface area contributed by atoms with E-state index in [1.807, 2.05) is 6.92 Å². The summed E-state index contributed by atoms with van der Waals surface area (Å²) < 4.78 is 6.14. The average molecular weight is 240 g/mol. The summed E-state index contributed by atoms with van der Waals surface area (Å²) in [6, 6.07) is 0. The van der Waals surface area contributed by atoms with Gasteiger partial charge in [-0.25, -0.2) is 9.48 Å². The van der Waals surface area contributed by atoms with E-state index in [2.05, 4.69) is 15.0 Å². The lowest BCUT2D eigenvalue weighted by Gasteiger charge is -2.05. The van der Waals surface area contributed by atoms with Crippen LogP contribution in [0.4, 0.5) is 0 Å². The van der Waals surface area contributed by atoms with Gasteiger partial charge in [0.2, 0.25) is 5.91 Å². The van der Waals surface area contributed by atoms with Crippen molar-refractivity contribution in [2.75, 3.05) is 7.11 Å². The molecule has 0 aliphatic carbocycles. The van der Waals surface area contributed by atoms with Crippen LogP contribution in [-0.2, 0) is 22.5 Å². The first-order valence-corrected chi connectivity index (χ1v) is 5.39. The van der Waals surface area contributed by atoms with Crippen molar-refractivity contribution >= 4 is 11.9 Å². The van der Waals surface area contributed by atoms with Crippen LogP contribution in [0.3, 0.4) is 0 Å². The number of hydrogen-bond donors (Lipinski definition) is 1. The second kappa shape index (κ2) is 5.97. The number of amides is 1. The molecule has 0 fully saturated rings. The van der Waals surface area contributed by atoms with Crippen molar-refractivity contribution in [3.63, 3.8) is 0 Å². The van der Waals surface area contributed by atoms with Gasteiger partial charge in [0.25, 0.3) is 0 Å². The third-order valence-electron chi connectivity index (χ3n) is 2.27. The van der Waals surface area contributed by atoms with Gasteiger partial charge in [-0.1, -0.05) is 18.6 Å². The number of aryl methyl sites for hydroxylation is 1. The first kappa shape index (κ1) is 13.1. The lowest BCUT2D eigenvalue weighted by atomic mass is 10.2. The number of rotatable bonds is 6. The second-order valence-corrected chi connectivity index (χ2v) is 3.57. The van der Waals surface area contributed by atoms with E-state index >= 15 is 0 Å². The van der Waals surface area contributed by atoms with E-state index in [0.717, 1.165) is 6.42 Å². The highest BCUT2D eigenvalue weighted by Gasteiger charge is 2.19. The van der Waals surface area contributed by atoms with Crippen LogP contribution < -0.4 is 5.73 Å². The van der Waals surface area contributed by atoms with Crippen LogP contribution in [-0.4, -0.2) is 34.0 Å². The third kappa shape index (κ3) is 3.27. The molecule has 0 atom stereocenters. The van der Waals surface area contributed by atoms with Crippen molar-refractivity contribution in [3.8, 4) is 0 Å². The number of esters is 1. The van der Waals surface area contributed by atoms with Crippen molar-refractivity contribution in [1.82, 2.24) is 15.0 Å². The maximum Gasteiger partial charge on any atom is 0.360 e. The van der Waals surface area contributed by atoms with Crippen LogP contribution in [0.5, 0.6) is 0 Å². The highest BCUT2D eigenvalue weighted by molar-refractivity contribution is 5.88. The number of nitrogens with two attached hydrogens (primary N) is 1. The van der Waals surface area contributed by atoms with Gasteiger partial charge in [0, 0.05) is 6.42 Å². The fourth-order valence-electron chi connectivity index (χ4n) is 1.47. The molecule has 1 amide bonds. The van der Waals surface area contributed by atoms with Crippen LogP contribution in [0.1, 0.15) is 35.9 Å². The van der Waals surface area contributed by atoms with Gasteiger partial charge in [-0.15, -0.1) is 5.10 Å². The molecule has 94 valence electrons. The van der Waals surface area contributed by atoms with Gasteiger partial charge in [-0.3, -0.25) is 4.79 Å². The summed E-state index contributed by atoms with van der Waals surface area (Å²) in [6.07, 6.45) is 1.66. The molecular formula is C10H16N4O3. The summed E-state index contributed by atoms with van der Waals surface area (Å²) in [5, 5.41) is 7.60. The van der Waals surface area contributed by atoms with E-state index in [1.165, 1.54) is 11.8 Å². The van der Waals surface area contributed by atoms with Gasteiger partial charge in [-0.05, 0) is 6.42 Å². The molecule has 0 bridgehead atoms. The molecule has 0 saturated carbocycles. The molecule has 0 unspecified atom stereocenters. The summed E-state index contributed by atoms with van der Waals surface area (Å²) >= 11 is 0. The topological polar surface area (TPSA) is 100 Å². The van der Waals surface area contributed by atoms with Gasteiger partial charge < -0.3 is 10.5 Å². The molecule has 0 radical (unpaired) electrons. The molecule has 1 aromatic heterocycles. The zero-order valence-corrected chi connectivity index (χ0v) is 9.97. The van der Waals surface area contributed by atoms with E-state index in [0.29, 0.717) is 18.7 Å². The number of primary amides is 1. The first-order valence-electron chi connectivity index (χ1n) is 5.39. The predicted molar refractivity (Wildman–Crippen MR) is 59.2 cm³/mol. The largest absolute Gasteiger partial charge is 0.464 e. The summed E-state index contributed by atoms with van der Waals surface area (Å²) in [5.74, 6) is -0.929. The number of carbonyl (C=O) groups excluding carboxylic acids is 2. The molecule has 0 spiro atoms. The molecule has 1 aromatic rings.